The highest BCUT2D eigenvalue weighted by atomic mass is 35.5. The standard InChI is InChI=1S/C12H16ClN3O2/c1-14-11-5-9(10(13)6-15-11)12(17)16-8-3-2-4-18-7-8/h5-6,8H,2-4,7H2,1H3,(H,14,15)(H,16,17). The lowest BCUT2D eigenvalue weighted by molar-refractivity contribution is 0.0624. The van der Waals surface area contributed by atoms with E-state index in [1.807, 2.05) is 0 Å². The number of amides is 1. The molecule has 1 fully saturated rings. The summed E-state index contributed by atoms with van der Waals surface area (Å²) in [4.78, 5) is 16.1. The molecule has 0 aromatic carbocycles. The fraction of sp³-hybridized carbons (Fsp3) is 0.500. The zero-order valence-corrected chi connectivity index (χ0v) is 11.0. The Labute approximate surface area is 111 Å². The lowest BCUT2D eigenvalue weighted by atomic mass is 10.1. The van der Waals surface area contributed by atoms with Crippen LogP contribution in [0.25, 0.3) is 0 Å². The summed E-state index contributed by atoms with van der Waals surface area (Å²) in [5.74, 6) is 0.429. The predicted octanol–water partition coefficient (Wildman–Crippen LogP) is 1.69. The summed E-state index contributed by atoms with van der Waals surface area (Å²) in [6.45, 7) is 1.33. The molecule has 0 radical (unpaired) electrons. The Kier molecular flexibility index (Phi) is 4.38. The number of anilines is 1. The van der Waals surface area contributed by atoms with E-state index >= 15 is 0 Å². The lowest BCUT2D eigenvalue weighted by Crippen LogP contribution is -2.40. The first-order chi connectivity index (χ1) is 8.70. The van der Waals surface area contributed by atoms with Gasteiger partial charge in [0, 0.05) is 19.9 Å². The monoisotopic (exact) mass is 269 g/mol. The van der Waals surface area contributed by atoms with E-state index in [0.717, 1.165) is 19.4 Å². The molecule has 1 saturated heterocycles. The van der Waals surface area contributed by atoms with Gasteiger partial charge in [-0.1, -0.05) is 11.6 Å². The van der Waals surface area contributed by atoms with Gasteiger partial charge in [0.05, 0.1) is 23.2 Å². The molecule has 0 aliphatic carbocycles. The lowest BCUT2D eigenvalue weighted by Gasteiger charge is -2.23. The van der Waals surface area contributed by atoms with Crippen LogP contribution in [-0.2, 0) is 4.74 Å². The first-order valence-electron chi connectivity index (χ1n) is 5.92. The Hall–Kier alpha value is -1.33. The normalized spacial score (nSPS) is 19.3. The maximum Gasteiger partial charge on any atom is 0.253 e. The number of halogens is 1. The molecule has 1 amide bonds. The molecule has 0 spiro atoms. The summed E-state index contributed by atoms with van der Waals surface area (Å²) in [6.07, 6.45) is 3.38. The van der Waals surface area contributed by atoms with Crippen LogP contribution in [-0.4, -0.2) is 37.2 Å². The van der Waals surface area contributed by atoms with Gasteiger partial charge in [-0.15, -0.1) is 0 Å². The number of carbonyl (C=O) groups is 1. The van der Waals surface area contributed by atoms with E-state index < -0.39 is 0 Å². The molecule has 1 aliphatic heterocycles. The van der Waals surface area contributed by atoms with Gasteiger partial charge < -0.3 is 15.4 Å². The van der Waals surface area contributed by atoms with Gasteiger partial charge in [-0.2, -0.15) is 0 Å². The van der Waals surface area contributed by atoms with Crippen LogP contribution in [0.1, 0.15) is 23.2 Å². The van der Waals surface area contributed by atoms with Crippen molar-refractivity contribution in [3.05, 3.63) is 22.8 Å². The first kappa shape index (κ1) is 13.1. The average molecular weight is 270 g/mol. The van der Waals surface area contributed by atoms with Gasteiger partial charge in [0.25, 0.3) is 5.91 Å². The Balaban J connectivity index is 2.07. The van der Waals surface area contributed by atoms with Crippen molar-refractivity contribution in [2.45, 2.75) is 18.9 Å². The number of hydrogen-bond donors (Lipinski definition) is 2. The van der Waals surface area contributed by atoms with Crippen LogP contribution >= 0.6 is 11.6 Å². The van der Waals surface area contributed by atoms with Gasteiger partial charge in [-0.25, -0.2) is 4.98 Å². The maximum absolute atomic E-state index is 12.1. The van der Waals surface area contributed by atoms with Gasteiger partial charge in [0.15, 0.2) is 0 Å². The highest BCUT2D eigenvalue weighted by Gasteiger charge is 2.19. The largest absolute Gasteiger partial charge is 0.379 e. The molecule has 18 heavy (non-hydrogen) atoms. The number of nitrogens with zero attached hydrogens (tertiary/aromatic N) is 1. The molecule has 2 N–H and O–H groups in total. The third kappa shape index (κ3) is 3.11. The molecule has 2 heterocycles. The predicted molar refractivity (Wildman–Crippen MR) is 70.1 cm³/mol. The van der Waals surface area contributed by atoms with Gasteiger partial charge >= 0.3 is 0 Å². The van der Waals surface area contributed by atoms with E-state index in [-0.39, 0.29) is 11.9 Å². The second-order valence-electron chi connectivity index (χ2n) is 4.19. The second kappa shape index (κ2) is 6.02. The fourth-order valence-electron chi connectivity index (χ4n) is 1.87. The first-order valence-corrected chi connectivity index (χ1v) is 6.30. The summed E-state index contributed by atoms with van der Waals surface area (Å²) in [7, 11) is 1.74. The Morgan fingerprint density at radius 2 is 2.44 bits per heavy atom. The average Bonchev–Trinajstić information content (AvgIpc) is 2.40. The number of carbonyl (C=O) groups excluding carboxylic acids is 1. The Bertz CT molecular complexity index is 433. The van der Waals surface area contributed by atoms with Crippen LogP contribution < -0.4 is 10.6 Å². The van der Waals surface area contributed by atoms with Crippen molar-refractivity contribution in [2.75, 3.05) is 25.6 Å². The molecular weight excluding hydrogens is 254 g/mol. The van der Waals surface area contributed by atoms with Crippen LogP contribution in [0.3, 0.4) is 0 Å². The molecule has 2 rings (SSSR count). The summed E-state index contributed by atoms with van der Waals surface area (Å²) in [5.41, 5.74) is 0.432. The van der Waals surface area contributed by atoms with Crippen molar-refractivity contribution in [2.24, 2.45) is 0 Å². The number of pyridine rings is 1. The fourth-order valence-corrected chi connectivity index (χ4v) is 2.06. The molecule has 1 aliphatic rings. The topological polar surface area (TPSA) is 63.2 Å². The van der Waals surface area contributed by atoms with E-state index in [0.29, 0.717) is 23.0 Å². The van der Waals surface area contributed by atoms with Crippen molar-refractivity contribution >= 4 is 23.3 Å². The van der Waals surface area contributed by atoms with Crippen molar-refractivity contribution in [3.8, 4) is 0 Å². The van der Waals surface area contributed by atoms with Gasteiger partial charge in [0.1, 0.15) is 5.82 Å². The van der Waals surface area contributed by atoms with E-state index in [2.05, 4.69) is 15.6 Å². The third-order valence-corrected chi connectivity index (χ3v) is 3.15. The van der Waals surface area contributed by atoms with Crippen molar-refractivity contribution in [1.82, 2.24) is 10.3 Å². The minimum absolute atomic E-state index is 0.0634. The SMILES string of the molecule is CNc1cc(C(=O)NC2CCCOC2)c(Cl)cn1. The molecule has 1 unspecified atom stereocenters. The van der Waals surface area contributed by atoms with Crippen molar-refractivity contribution < 1.29 is 9.53 Å². The molecule has 1 aromatic rings. The Morgan fingerprint density at radius 1 is 1.61 bits per heavy atom. The number of nitrogens with one attached hydrogen (secondary N) is 2. The molecule has 98 valence electrons. The van der Waals surface area contributed by atoms with Crippen molar-refractivity contribution in [1.29, 1.82) is 0 Å². The minimum atomic E-state index is -0.186. The molecule has 5 nitrogen and oxygen atoms in total. The third-order valence-electron chi connectivity index (χ3n) is 2.85. The smallest absolute Gasteiger partial charge is 0.253 e. The highest BCUT2D eigenvalue weighted by molar-refractivity contribution is 6.33. The summed E-state index contributed by atoms with van der Waals surface area (Å²) in [5, 5.41) is 6.15. The number of ether oxygens (including phenoxy) is 1. The molecule has 6 heteroatoms. The Morgan fingerprint density at radius 3 is 3.11 bits per heavy atom. The zero-order chi connectivity index (χ0) is 13.0. The van der Waals surface area contributed by atoms with Crippen LogP contribution in [0.4, 0.5) is 5.82 Å². The quantitative estimate of drug-likeness (QED) is 0.876. The van der Waals surface area contributed by atoms with Gasteiger partial charge in [-0.3, -0.25) is 4.79 Å². The highest BCUT2D eigenvalue weighted by Crippen LogP contribution is 2.18. The van der Waals surface area contributed by atoms with Gasteiger partial charge in [0.2, 0.25) is 0 Å². The van der Waals surface area contributed by atoms with E-state index in [1.165, 1.54) is 6.20 Å². The van der Waals surface area contributed by atoms with Crippen LogP contribution in [0.2, 0.25) is 5.02 Å². The van der Waals surface area contributed by atoms with Crippen LogP contribution in [0.5, 0.6) is 0 Å². The van der Waals surface area contributed by atoms with Gasteiger partial charge in [-0.05, 0) is 18.9 Å². The summed E-state index contributed by atoms with van der Waals surface area (Å²) < 4.78 is 5.32. The summed E-state index contributed by atoms with van der Waals surface area (Å²) >= 11 is 5.98. The van der Waals surface area contributed by atoms with E-state index in [1.54, 1.807) is 13.1 Å². The van der Waals surface area contributed by atoms with Crippen LogP contribution in [0.15, 0.2) is 12.3 Å². The van der Waals surface area contributed by atoms with E-state index in [9.17, 15) is 4.79 Å². The zero-order valence-electron chi connectivity index (χ0n) is 10.2. The molecule has 1 atom stereocenters. The van der Waals surface area contributed by atoms with E-state index in [4.69, 9.17) is 16.3 Å². The molecule has 1 aromatic heterocycles. The van der Waals surface area contributed by atoms with Crippen molar-refractivity contribution in [3.63, 3.8) is 0 Å². The number of rotatable bonds is 3. The molecular formula is C12H16ClN3O2. The molecule has 0 saturated carbocycles. The minimum Gasteiger partial charge on any atom is -0.379 e. The second-order valence-corrected chi connectivity index (χ2v) is 4.59. The number of hydrogen-bond acceptors (Lipinski definition) is 4. The number of aromatic nitrogens is 1. The maximum atomic E-state index is 12.1. The van der Waals surface area contributed by atoms with Crippen LogP contribution in [0, 0.1) is 0 Å². The molecule has 0 bridgehead atoms. The summed E-state index contributed by atoms with van der Waals surface area (Å²) in [6, 6.07) is 1.70.